The molecular formula is C16H24F2N2O. The number of hydrogen-bond acceptors (Lipinski definition) is 3. The Kier molecular flexibility index (Phi) is 5.53. The lowest BCUT2D eigenvalue weighted by atomic mass is 9.94. The highest BCUT2D eigenvalue weighted by atomic mass is 19.1. The van der Waals surface area contributed by atoms with Crippen LogP contribution in [0.5, 0.6) is 5.75 Å². The van der Waals surface area contributed by atoms with Crippen LogP contribution in [0.2, 0.25) is 0 Å². The van der Waals surface area contributed by atoms with Crippen LogP contribution in [0.25, 0.3) is 0 Å². The molecule has 1 saturated heterocycles. The van der Waals surface area contributed by atoms with E-state index in [0.717, 1.165) is 32.6 Å². The maximum absolute atomic E-state index is 14.6. The predicted octanol–water partition coefficient (Wildman–Crippen LogP) is 2.97. The minimum atomic E-state index is -0.568. The lowest BCUT2D eigenvalue weighted by Crippen LogP contribution is -2.45. The van der Waals surface area contributed by atoms with E-state index in [0.29, 0.717) is 5.92 Å². The van der Waals surface area contributed by atoms with Crippen LogP contribution in [0.4, 0.5) is 8.78 Å². The van der Waals surface area contributed by atoms with E-state index < -0.39 is 11.6 Å². The maximum Gasteiger partial charge on any atom is 0.172 e. The van der Waals surface area contributed by atoms with Gasteiger partial charge in [-0.25, -0.2) is 8.78 Å². The Morgan fingerprint density at radius 3 is 2.48 bits per heavy atom. The van der Waals surface area contributed by atoms with E-state index in [1.807, 2.05) is 0 Å². The van der Waals surface area contributed by atoms with Crippen molar-refractivity contribution in [2.45, 2.75) is 26.3 Å². The molecule has 0 bridgehead atoms. The minimum Gasteiger partial charge on any atom is -0.494 e. The van der Waals surface area contributed by atoms with Crippen molar-refractivity contribution in [1.29, 1.82) is 0 Å². The molecule has 1 aliphatic rings. The van der Waals surface area contributed by atoms with E-state index in [9.17, 15) is 8.78 Å². The maximum atomic E-state index is 14.6. The summed E-state index contributed by atoms with van der Waals surface area (Å²) >= 11 is 0. The van der Waals surface area contributed by atoms with Crippen LogP contribution >= 0.6 is 0 Å². The Morgan fingerprint density at radius 1 is 1.24 bits per heavy atom. The summed E-state index contributed by atoms with van der Waals surface area (Å²) in [6.07, 6.45) is 0.723. The second-order valence-corrected chi connectivity index (χ2v) is 5.91. The van der Waals surface area contributed by atoms with Gasteiger partial charge in [0.2, 0.25) is 0 Å². The highest BCUT2D eigenvalue weighted by Crippen LogP contribution is 2.35. The number of methoxy groups -OCH3 is 1. The zero-order valence-electron chi connectivity index (χ0n) is 13.0. The number of nitrogens with zero attached hydrogens (tertiary/aromatic N) is 1. The van der Waals surface area contributed by atoms with Gasteiger partial charge in [0.1, 0.15) is 5.82 Å². The van der Waals surface area contributed by atoms with Crippen LogP contribution in [-0.2, 0) is 0 Å². The first-order valence-electron chi connectivity index (χ1n) is 7.51. The molecule has 3 nitrogen and oxygen atoms in total. The van der Waals surface area contributed by atoms with Crippen LogP contribution in [-0.4, -0.2) is 38.2 Å². The molecular weight excluding hydrogens is 274 g/mol. The second kappa shape index (κ2) is 7.18. The van der Waals surface area contributed by atoms with Gasteiger partial charge in [-0.05, 0) is 24.5 Å². The Balaban J connectivity index is 2.39. The number of benzene rings is 1. The van der Waals surface area contributed by atoms with E-state index >= 15 is 0 Å². The van der Waals surface area contributed by atoms with Crippen LogP contribution in [0, 0.1) is 17.6 Å². The molecule has 1 aliphatic heterocycles. The quantitative estimate of drug-likeness (QED) is 0.904. The lowest BCUT2D eigenvalue weighted by Gasteiger charge is -2.36. The molecule has 0 radical (unpaired) electrons. The normalized spacial score (nSPS) is 18.0. The van der Waals surface area contributed by atoms with Crippen LogP contribution in [0.3, 0.4) is 0 Å². The van der Waals surface area contributed by atoms with E-state index in [1.165, 1.54) is 19.2 Å². The van der Waals surface area contributed by atoms with Crippen molar-refractivity contribution in [1.82, 2.24) is 10.2 Å². The molecule has 2 rings (SSSR count). The van der Waals surface area contributed by atoms with E-state index in [4.69, 9.17) is 4.74 Å². The van der Waals surface area contributed by atoms with Crippen LogP contribution in [0.1, 0.15) is 31.9 Å². The van der Waals surface area contributed by atoms with E-state index in [1.54, 1.807) is 0 Å². The molecule has 1 aromatic carbocycles. The van der Waals surface area contributed by atoms with E-state index in [-0.39, 0.29) is 17.4 Å². The zero-order chi connectivity index (χ0) is 15.4. The standard InChI is InChI=1S/C16H24F2N2O/c1-11(2)10-13(20-8-6-19-7-9-20)15-12(17)4-5-14(21-3)16(15)18/h4-5,11,13,19H,6-10H2,1-3H3/t13-/m1/s1. The predicted molar refractivity (Wildman–Crippen MR) is 79.5 cm³/mol. The van der Waals surface area contributed by atoms with Crippen LogP contribution in [0.15, 0.2) is 12.1 Å². The first-order chi connectivity index (χ1) is 10.0. The Labute approximate surface area is 125 Å². The molecule has 0 spiro atoms. The van der Waals surface area contributed by atoms with Crippen molar-refractivity contribution in [3.05, 3.63) is 29.3 Å². The highest BCUT2D eigenvalue weighted by molar-refractivity contribution is 5.34. The number of nitrogens with one attached hydrogen (secondary N) is 1. The highest BCUT2D eigenvalue weighted by Gasteiger charge is 2.29. The van der Waals surface area contributed by atoms with Gasteiger partial charge in [-0.15, -0.1) is 0 Å². The SMILES string of the molecule is COc1ccc(F)c([C@@H](CC(C)C)N2CCNCC2)c1F. The summed E-state index contributed by atoms with van der Waals surface area (Å²) in [5.74, 6) is -0.593. The summed E-state index contributed by atoms with van der Waals surface area (Å²) in [7, 11) is 1.41. The number of hydrogen-bond donors (Lipinski definition) is 1. The zero-order valence-corrected chi connectivity index (χ0v) is 13.0. The number of ether oxygens (including phenoxy) is 1. The molecule has 0 aromatic heterocycles. The van der Waals surface area contributed by atoms with Crippen molar-refractivity contribution in [3.63, 3.8) is 0 Å². The Morgan fingerprint density at radius 2 is 1.90 bits per heavy atom. The molecule has 118 valence electrons. The van der Waals surface area contributed by atoms with Gasteiger partial charge in [0.15, 0.2) is 11.6 Å². The average Bonchev–Trinajstić information content (AvgIpc) is 2.47. The van der Waals surface area contributed by atoms with Crippen molar-refractivity contribution in [3.8, 4) is 5.75 Å². The minimum absolute atomic E-state index is 0.107. The molecule has 0 amide bonds. The van der Waals surface area contributed by atoms with Gasteiger partial charge in [0, 0.05) is 37.8 Å². The third kappa shape index (κ3) is 3.71. The van der Waals surface area contributed by atoms with Crippen LogP contribution < -0.4 is 10.1 Å². The molecule has 1 N–H and O–H groups in total. The summed E-state index contributed by atoms with van der Waals surface area (Å²) in [5, 5.41) is 3.27. The van der Waals surface area contributed by atoms with Gasteiger partial charge in [0.25, 0.3) is 0 Å². The van der Waals surface area contributed by atoms with Gasteiger partial charge < -0.3 is 10.1 Å². The fraction of sp³-hybridized carbons (Fsp3) is 0.625. The van der Waals surface area contributed by atoms with Gasteiger partial charge in [-0.2, -0.15) is 0 Å². The number of rotatable bonds is 5. The largest absolute Gasteiger partial charge is 0.494 e. The topological polar surface area (TPSA) is 24.5 Å². The smallest absolute Gasteiger partial charge is 0.172 e. The van der Waals surface area contributed by atoms with Crippen molar-refractivity contribution >= 4 is 0 Å². The fourth-order valence-electron chi connectivity index (χ4n) is 2.90. The third-order valence-corrected chi connectivity index (χ3v) is 3.93. The molecule has 0 saturated carbocycles. The van der Waals surface area contributed by atoms with Crippen molar-refractivity contribution in [2.75, 3.05) is 33.3 Å². The first kappa shape index (κ1) is 16.2. The molecule has 1 heterocycles. The van der Waals surface area contributed by atoms with Gasteiger partial charge in [-0.3, -0.25) is 4.90 Å². The third-order valence-electron chi connectivity index (χ3n) is 3.93. The molecule has 0 unspecified atom stereocenters. The first-order valence-corrected chi connectivity index (χ1v) is 7.51. The summed E-state index contributed by atoms with van der Waals surface area (Å²) < 4.78 is 33.9. The molecule has 0 aliphatic carbocycles. The number of piperazine rings is 1. The van der Waals surface area contributed by atoms with Gasteiger partial charge >= 0.3 is 0 Å². The second-order valence-electron chi connectivity index (χ2n) is 5.91. The lowest BCUT2D eigenvalue weighted by molar-refractivity contribution is 0.147. The Hall–Kier alpha value is -1.20. The van der Waals surface area contributed by atoms with Crippen molar-refractivity contribution in [2.24, 2.45) is 5.92 Å². The number of halogens is 2. The summed E-state index contributed by atoms with van der Waals surface area (Å²) in [6.45, 7) is 7.45. The van der Waals surface area contributed by atoms with Crippen molar-refractivity contribution < 1.29 is 13.5 Å². The molecule has 5 heteroatoms. The molecule has 21 heavy (non-hydrogen) atoms. The monoisotopic (exact) mass is 298 g/mol. The Bertz CT molecular complexity index is 474. The average molecular weight is 298 g/mol. The summed E-state index contributed by atoms with van der Waals surface area (Å²) in [4.78, 5) is 2.16. The molecule has 1 aromatic rings. The van der Waals surface area contributed by atoms with Gasteiger partial charge in [0.05, 0.1) is 7.11 Å². The van der Waals surface area contributed by atoms with Gasteiger partial charge in [-0.1, -0.05) is 13.8 Å². The molecule has 1 fully saturated rings. The fourth-order valence-corrected chi connectivity index (χ4v) is 2.90. The molecule has 1 atom stereocenters. The van der Waals surface area contributed by atoms with E-state index in [2.05, 4.69) is 24.1 Å². The summed E-state index contributed by atoms with van der Waals surface area (Å²) in [6, 6.07) is 2.40. The summed E-state index contributed by atoms with van der Waals surface area (Å²) in [5.41, 5.74) is 0.143.